The van der Waals surface area contributed by atoms with E-state index in [1.54, 1.807) is 12.4 Å². The molecule has 1 N–H and O–H groups in total. The van der Waals surface area contributed by atoms with Crippen LogP contribution in [0.3, 0.4) is 0 Å². The molecule has 1 saturated heterocycles. The van der Waals surface area contributed by atoms with Crippen LogP contribution in [0.1, 0.15) is 42.1 Å². The van der Waals surface area contributed by atoms with E-state index in [0.717, 1.165) is 54.3 Å². The van der Waals surface area contributed by atoms with Crippen LogP contribution >= 0.6 is 0 Å². The van der Waals surface area contributed by atoms with Crippen LogP contribution in [0.2, 0.25) is 0 Å². The highest BCUT2D eigenvalue weighted by Crippen LogP contribution is 2.31. The van der Waals surface area contributed by atoms with Gasteiger partial charge in [0.15, 0.2) is 0 Å². The Morgan fingerprint density at radius 3 is 2.79 bits per heavy atom. The van der Waals surface area contributed by atoms with Gasteiger partial charge in [0.1, 0.15) is 11.6 Å². The molecule has 29 heavy (non-hydrogen) atoms. The molecular formula is C23H25N5O. The van der Waals surface area contributed by atoms with E-state index in [4.69, 9.17) is 0 Å². The number of hydrogen-bond donors (Lipinski definition) is 1. The number of nitrogens with one attached hydrogen (secondary N) is 1. The summed E-state index contributed by atoms with van der Waals surface area (Å²) in [5, 5.41) is 3.23. The van der Waals surface area contributed by atoms with E-state index in [9.17, 15) is 4.79 Å². The van der Waals surface area contributed by atoms with Crippen LogP contribution in [0.4, 0.5) is 11.6 Å². The van der Waals surface area contributed by atoms with Gasteiger partial charge in [-0.05, 0) is 61.6 Å². The first kappa shape index (κ1) is 19.1. The summed E-state index contributed by atoms with van der Waals surface area (Å²) in [5.41, 5.74) is 2.98. The van der Waals surface area contributed by atoms with Crippen molar-refractivity contribution >= 4 is 17.5 Å². The third-order valence-corrected chi connectivity index (χ3v) is 5.22. The molecule has 1 aliphatic rings. The summed E-state index contributed by atoms with van der Waals surface area (Å²) in [7, 11) is 0. The average Bonchev–Trinajstić information content (AvgIpc) is 2.75. The highest BCUT2D eigenvalue weighted by molar-refractivity contribution is 5.79. The minimum absolute atomic E-state index is 0.0755. The minimum Gasteiger partial charge on any atom is -0.335 e. The first-order valence-corrected chi connectivity index (χ1v) is 10.0. The van der Waals surface area contributed by atoms with Gasteiger partial charge in [0.25, 0.3) is 0 Å². The summed E-state index contributed by atoms with van der Waals surface area (Å²) in [6, 6.07) is 13.8. The molecular weight excluding hydrogens is 362 g/mol. The number of aryl methyl sites for hydroxylation is 1. The second-order valence-corrected chi connectivity index (χ2v) is 7.40. The topological polar surface area (TPSA) is 71.0 Å². The van der Waals surface area contributed by atoms with Crippen molar-refractivity contribution in [2.45, 2.75) is 38.6 Å². The Kier molecular flexibility index (Phi) is 5.79. The molecule has 0 aromatic carbocycles. The van der Waals surface area contributed by atoms with Crippen molar-refractivity contribution in [3.05, 3.63) is 77.9 Å². The van der Waals surface area contributed by atoms with Crippen LogP contribution in [0.25, 0.3) is 0 Å². The van der Waals surface area contributed by atoms with Gasteiger partial charge in [-0.25, -0.2) is 9.97 Å². The Morgan fingerprint density at radius 1 is 1.10 bits per heavy atom. The van der Waals surface area contributed by atoms with Gasteiger partial charge >= 0.3 is 0 Å². The van der Waals surface area contributed by atoms with Crippen LogP contribution in [0, 0.1) is 6.92 Å². The summed E-state index contributed by atoms with van der Waals surface area (Å²) in [5.74, 6) is 1.67. The van der Waals surface area contributed by atoms with Crippen molar-refractivity contribution < 1.29 is 4.79 Å². The fourth-order valence-corrected chi connectivity index (χ4v) is 3.78. The van der Waals surface area contributed by atoms with Gasteiger partial charge in [-0.1, -0.05) is 18.2 Å². The molecule has 1 atom stereocenters. The SMILES string of the molecule is Cc1cccc(Nc2ccc([C@@H]3CCCCN3C(=O)Cc3cccnc3)cn2)n1. The predicted molar refractivity (Wildman–Crippen MR) is 113 cm³/mol. The van der Waals surface area contributed by atoms with Gasteiger partial charge in [-0.15, -0.1) is 0 Å². The Morgan fingerprint density at radius 2 is 2.03 bits per heavy atom. The quantitative estimate of drug-likeness (QED) is 0.710. The number of anilines is 2. The third kappa shape index (κ3) is 4.77. The van der Waals surface area contributed by atoms with E-state index in [0.29, 0.717) is 6.42 Å². The van der Waals surface area contributed by atoms with Crippen molar-refractivity contribution in [2.75, 3.05) is 11.9 Å². The van der Waals surface area contributed by atoms with E-state index < -0.39 is 0 Å². The van der Waals surface area contributed by atoms with E-state index in [1.165, 1.54) is 0 Å². The number of hydrogen-bond acceptors (Lipinski definition) is 5. The highest BCUT2D eigenvalue weighted by atomic mass is 16.2. The van der Waals surface area contributed by atoms with Gasteiger partial charge in [0.05, 0.1) is 12.5 Å². The molecule has 6 heteroatoms. The number of rotatable bonds is 5. The molecule has 1 aliphatic heterocycles. The van der Waals surface area contributed by atoms with Crippen molar-refractivity contribution in [3.63, 3.8) is 0 Å². The van der Waals surface area contributed by atoms with E-state index in [2.05, 4.69) is 26.3 Å². The molecule has 3 aromatic heterocycles. The second-order valence-electron chi connectivity index (χ2n) is 7.40. The fourth-order valence-electron chi connectivity index (χ4n) is 3.78. The van der Waals surface area contributed by atoms with E-state index in [-0.39, 0.29) is 11.9 Å². The van der Waals surface area contributed by atoms with E-state index in [1.807, 2.05) is 54.4 Å². The third-order valence-electron chi connectivity index (χ3n) is 5.22. The largest absolute Gasteiger partial charge is 0.335 e. The summed E-state index contributed by atoms with van der Waals surface area (Å²) in [4.78, 5) is 28.1. The van der Waals surface area contributed by atoms with Crippen molar-refractivity contribution in [2.24, 2.45) is 0 Å². The number of carbonyl (C=O) groups excluding carboxylic acids is 1. The maximum Gasteiger partial charge on any atom is 0.227 e. The Balaban J connectivity index is 1.47. The number of likely N-dealkylation sites (tertiary alicyclic amines) is 1. The zero-order valence-corrected chi connectivity index (χ0v) is 16.6. The van der Waals surface area contributed by atoms with Crippen molar-refractivity contribution in [1.29, 1.82) is 0 Å². The molecule has 1 amide bonds. The molecule has 6 nitrogen and oxygen atoms in total. The monoisotopic (exact) mass is 387 g/mol. The summed E-state index contributed by atoms with van der Waals surface area (Å²) < 4.78 is 0. The molecule has 0 aliphatic carbocycles. The lowest BCUT2D eigenvalue weighted by Gasteiger charge is -2.36. The lowest BCUT2D eigenvalue weighted by atomic mass is 9.95. The van der Waals surface area contributed by atoms with Gasteiger partial charge in [-0.3, -0.25) is 9.78 Å². The van der Waals surface area contributed by atoms with Gasteiger partial charge in [0, 0.05) is 30.8 Å². The summed E-state index contributed by atoms with van der Waals surface area (Å²) >= 11 is 0. The predicted octanol–water partition coefficient (Wildman–Crippen LogP) is 4.22. The maximum absolute atomic E-state index is 12.9. The zero-order valence-electron chi connectivity index (χ0n) is 16.6. The van der Waals surface area contributed by atoms with Gasteiger partial charge < -0.3 is 10.2 Å². The highest BCUT2D eigenvalue weighted by Gasteiger charge is 2.28. The molecule has 148 valence electrons. The maximum atomic E-state index is 12.9. The number of pyridine rings is 3. The number of aromatic nitrogens is 3. The van der Waals surface area contributed by atoms with Gasteiger partial charge in [0.2, 0.25) is 5.91 Å². The lowest BCUT2D eigenvalue weighted by Crippen LogP contribution is -2.39. The minimum atomic E-state index is 0.0755. The average molecular weight is 387 g/mol. The second kappa shape index (κ2) is 8.82. The number of nitrogens with zero attached hydrogens (tertiary/aromatic N) is 4. The first-order valence-electron chi connectivity index (χ1n) is 10.0. The Bertz CT molecular complexity index is 959. The molecule has 4 rings (SSSR count). The van der Waals surface area contributed by atoms with Crippen LogP contribution in [0.15, 0.2) is 61.1 Å². The Hall–Kier alpha value is -3.28. The molecule has 4 heterocycles. The zero-order chi connectivity index (χ0) is 20.1. The first-order chi connectivity index (χ1) is 14.2. The summed E-state index contributed by atoms with van der Waals surface area (Å²) in [6.07, 6.45) is 8.88. The molecule has 0 radical (unpaired) electrons. The van der Waals surface area contributed by atoms with Gasteiger partial charge in [-0.2, -0.15) is 0 Å². The number of piperidine rings is 1. The van der Waals surface area contributed by atoms with Crippen LogP contribution in [0.5, 0.6) is 0 Å². The van der Waals surface area contributed by atoms with Crippen molar-refractivity contribution in [3.8, 4) is 0 Å². The normalized spacial score (nSPS) is 16.4. The van der Waals surface area contributed by atoms with Crippen LogP contribution in [-0.4, -0.2) is 32.3 Å². The fraction of sp³-hybridized carbons (Fsp3) is 0.304. The smallest absolute Gasteiger partial charge is 0.227 e. The molecule has 0 unspecified atom stereocenters. The number of carbonyl (C=O) groups is 1. The molecule has 3 aromatic rings. The lowest BCUT2D eigenvalue weighted by molar-refractivity contribution is -0.134. The van der Waals surface area contributed by atoms with Crippen LogP contribution < -0.4 is 5.32 Å². The molecule has 0 bridgehead atoms. The molecule has 1 fully saturated rings. The molecule has 0 saturated carbocycles. The number of amides is 1. The van der Waals surface area contributed by atoms with Crippen LogP contribution in [-0.2, 0) is 11.2 Å². The van der Waals surface area contributed by atoms with Crippen molar-refractivity contribution in [1.82, 2.24) is 19.9 Å². The Labute approximate surface area is 171 Å². The standard InChI is InChI=1S/C23H25N5O/c1-17-6-4-9-22(26-17)27-21-11-10-19(16-25-21)20-8-2-3-13-28(20)23(29)14-18-7-5-12-24-15-18/h4-7,9-12,15-16,20H,2-3,8,13-14H2,1H3,(H,25,26,27)/t20-/m0/s1. The summed E-state index contributed by atoms with van der Waals surface area (Å²) in [6.45, 7) is 2.75. The molecule has 0 spiro atoms. The van der Waals surface area contributed by atoms with E-state index >= 15 is 0 Å².